The minimum atomic E-state index is 0.242. The van der Waals surface area contributed by atoms with Crippen LogP contribution in [-0.2, 0) is 11.3 Å². The van der Waals surface area contributed by atoms with Crippen LogP contribution < -0.4 is 5.32 Å². The van der Waals surface area contributed by atoms with Gasteiger partial charge in [0.05, 0.1) is 0 Å². The minimum Gasteiger partial charge on any atom is -0.353 e. The van der Waals surface area contributed by atoms with Gasteiger partial charge in [0.1, 0.15) is 0 Å². The molecular formula is C26H30N2O. The topological polar surface area (TPSA) is 32.3 Å². The van der Waals surface area contributed by atoms with Gasteiger partial charge in [0, 0.05) is 36.7 Å². The molecule has 1 saturated heterocycles. The van der Waals surface area contributed by atoms with E-state index in [9.17, 15) is 4.79 Å². The molecule has 1 aliphatic heterocycles. The largest absolute Gasteiger partial charge is 0.353 e. The van der Waals surface area contributed by atoms with Gasteiger partial charge >= 0.3 is 0 Å². The predicted molar refractivity (Wildman–Crippen MR) is 117 cm³/mol. The molecule has 0 unspecified atom stereocenters. The summed E-state index contributed by atoms with van der Waals surface area (Å²) >= 11 is 0. The summed E-state index contributed by atoms with van der Waals surface area (Å²) in [5, 5.41) is 3.11. The Hall–Kier alpha value is -2.57. The van der Waals surface area contributed by atoms with Crippen molar-refractivity contribution in [3.05, 3.63) is 71.3 Å². The number of hydrogen-bond acceptors (Lipinski definition) is 2. The van der Waals surface area contributed by atoms with Gasteiger partial charge in [-0.1, -0.05) is 48.2 Å². The first-order valence-corrected chi connectivity index (χ1v) is 10.9. The Labute approximate surface area is 174 Å². The molecule has 1 saturated carbocycles. The van der Waals surface area contributed by atoms with Crippen molar-refractivity contribution in [3.8, 4) is 11.8 Å². The number of amides is 1. The summed E-state index contributed by atoms with van der Waals surface area (Å²) in [4.78, 5) is 14.5. The fraction of sp³-hybridized carbons (Fsp3) is 0.423. The van der Waals surface area contributed by atoms with Crippen LogP contribution in [0, 0.1) is 17.8 Å². The Morgan fingerprint density at radius 2 is 1.79 bits per heavy atom. The number of hydrogen-bond donors (Lipinski definition) is 1. The van der Waals surface area contributed by atoms with Crippen molar-refractivity contribution in [2.45, 2.75) is 51.1 Å². The first-order chi connectivity index (χ1) is 14.3. The van der Waals surface area contributed by atoms with Crippen molar-refractivity contribution < 1.29 is 4.79 Å². The third-order valence-corrected chi connectivity index (χ3v) is 5.85. The number of piperidine rings is 1. The van der Waals surface area contributed by atoms with Crippen molar-refractivity contribution in [3.63, 3.8) is 0 Å². The Morgan fingerprint density at radius 3 is 2.62 bits per heavy atom. The minimum absolute atomic E-state index is 0.242. The molecule has 4 rings (SSSR count). The average Bonchev–Trinajstić information content (AvgIpc) is 3.57. The second kappa shape index (κ2) is 9.76. The van der Waals surface area contributed by atoms with E-state index in [0.29, 0.717) is 18.4 Å². The number of nitrogens with one attached hydrogen (secondary N) is 1. The van der Waals surface area contributed by atoms with E-state index >= 15 is 0 Å². The Morgan fingerprint density at radius 1 is 1.00 bits per heavy atom. The lowest BCUT2D eigenvalue weighted by atomic mass is 9.92. The lowest BCUT2D eigenvalue weighted by Crippen LogP contribution is -2.36. The number of nitrogens with zero attached hydrogens (tertiary/aromatic N) is 1. The van der Waals surface area contributed by atoms with Crippen molar-refractivity contribution in [2.75, 3.05) is 13.1 Å². The summed E-state index contributed by atoms with van der Waals surface area (Å²) < 4.78 is 0. The normalized spacial score (nSPS) is 19.2. The van der Waals surface area contributed by atoms with Crippen LogP contribution in [0.3, 0.4) is 0 Å². The molecule has 29 heavy (non-hydrogen) atoms. The number of benzene rings is 2. The van der Waals surface area contributed by atoms with Gasteiger partial charge in [-0.3, -0.25) is 9.69 Å². The third-order valence-electron chi connectivity index (χ3n) is 5.85. The Balaban J connectivity index is 1.34. The molecule has 2 aromatic rings. The van der Waals surface area contributed by atoms with Gasteiger partial charge in [-0.25, -0.2) is 0 Å². The SMILES string of the molecule is O=C(CC[C@H]1CCCN(Cc2ccccc2C#Cc2ccccc2)C1)NC1CC1. The quantitative estimate of drug-likeness (QED) is 0.748. The molecule has 2 aromatic carbocycles. The van der Waals surface area contributed by atoms with Crippen LogP contribution in [0.15, 0.2) is 54.6 Å². The molecule has 1 atom stereocenters. The van der Waals surface area contributed by atoms with Crippen LogP contribution in [0.2, 0.25) is 0 Å². The highest BCUT2D eigenvalue weighted by molar-refractivity contribution is 5.76. The molecule has 1 amide bonds. The summed E-state index contributed by atoms with van der Waals surface area (Å²) in [5.41, 5.74) is 3.45. The number of carbonyl (C=O) groups excluding carboxylic acids is 1. The van der Waals surface area contributed by atoms with Gasteiger partial charge in [0.2, 0.25) is 5.91 Å². The molecule has 1 heterocycles. The van der Waals surface area contributed by atoms with Gasteiger partial charge < -0.3 is 5.32 Å². The van der Waals surface area contributed by atoms with E-state index in [1.165, 1.54) is 18.4 Å². The van der Waals surface area contributed by atoms with Gasteiger partial charge in [0.25, 0.3) is 0 Å². The molecule has 3 nitrogen and oxygen atoms in total. The van der Waals surface area contributed by atoms with Crippen LogP contribution in [0.1, 0.15) is 55.2 Å². The standard InChI is InChI=1S/C26H30N2O/c29-26(27-25-15-16-25)17-13-22-9-6-18-28(19-22)20-24-11-5-4-10-23(24)14-12-21-7-2-1-3-8-21/h1-5,7-8,10-11,22,25H,6,9,13,15-20H2,(H,27,29)/t22-/m1/s1. The molecule has 1 N–H and O–H groups in total. The zero-order valence-electron chi connectivity index (χ0n) is 17.1. The molecule has 0 aromatic heterocycles. The van der Waals surface area contributed by atoms with Gasteiger partial charge in [-0.05, 0) is 68.3 Å². The highest BCUT2D eigenvalue weighted by Gasteiger charge is 2.25. The molecule has 3 heteroatoms. The van der Waals surface area contributed by atoms with E-state index in [1.807, 2.05) is 30.3 Å². The van der Waals surface area contributed by atoms with E-state index in [-0.39, 0.29) is 5.91 Å². The number of rotatable bonds is 6. The van der Waals surface area contributed by atoms with E-state index in [4.69, 9.17) is 0 Å². The van der Waals surface area contributed by atoms with Crippen LogP contribution in [0.25, 0.3) is 0 Å². The lowest BCUT2D eigenvalue weighted by molar-refractivity contribution is -0.121. The fourth-order valence-corrected chi connectivity index (χ4v) is 4.08. The maximum Gasteiger partial charge on any atom is 0.220 e. The monoisotopic (exact) mass is 386 g/mol. The summed E-state index contributed by atoms with van der Waals surface area (Å²) in [5.74, 6) is 7.52. The van der Waals surface area contributed by atoms with Crippen LogP contribution in [0.5, 0.6) is 0 Å². The van der Waals surface area contributed by atoms with E-state index in [2.05, 4.69) is 46.3 Å². The van der Waals surface area contributed by atoms with Crippen molar-refractivity contribution in [1.82, 2.24) is 10.2 Å². The Bertz CT molecular complexity index is 876. The molecule has 0 radical (unpaired) electrons. The number of carbonyl (C=O) groups is 1. The second-order valence-electron chi connectivity index (χ2n) is 8.40. The molecule has 1 aliphatic carbocycles. The van der Waals surface area contributed by atoms with E-state index < -0.39 is 0 Å². The van der Waals surface area contributed by atoms with Gasteiger partial charge in [0.15, 0.2) is 0 Å². The zero-order chi connectivity index (χ0) is 19.9. The first kappa shape index (κ1) is 19.7. The van der Waals surface area contributed by atoms with Crippen molar-refractivity contribution in [1.29, 1.82) is 0 Å². The van der Waals surface area contributed by atoms with Crippen molar-refractivity contribution >= 4 is 5.91 Å². The fourth-order valence-electron chi connectivity index (χ4n) is 4.08. The van der Waals surface area contributed by atoms with Crippen LogP contribution in [-0.4, -0.2) is 29.9 Å². The molecule has 2 fully saturated rings. The average molecular weight is 387 g/mol. The summed E-state index contributed by atoms with van der Waals surface area (Å²) in [6.45, 7) is 3.15. The highest BCUT2D eigenvalue weighted by atomic mass is 16.1. The van der Waals surface area contributed by atoms with Crippen molar-refractivity contribution in [2.24, 2.45) is 5.92 Å². The second-order valence-corrected chi connectivity index (χ2v) is 8.40. The molecule has 2 aliphatic rings. The summed E-state index contributed by atoms with van der Waals surface area (Å²) in [6, 6.07) is 19.1. The summed E-state index contributed by atoms with van der Waals surface area (Å²) in [7, 11) is 0. The first-order valence-electron chi connectivity index (χ1n) is 10.9. The third kappa shape index (κ3) is 6.21. The summed E-state index contributed by atoms with van der Waals surface area (Å²) in [6.07, 6.45) is 6.46. The van der Waals surface area contributed by atoms with Crippen LogP contribution >= 0.6 is 0 Å². The lowest BCUT2D eigenvalue weighted by Gasteiger charge is -2.33. The van der Waals surface area contributed by atoms with E-state index in [0.717, 1.165) is 50.0 Å². The predicted octanol–water partition coefficient (Wildman–Crippen LogP) is 4.36. The van der Waals surface area contributed by atoms with Gasteiger partial charge in [-0.2, -0.15) is 0 Å². The zero-order valence-corrected chi connectivity index (χ0v) is 17.1. The molecular weight excluding hydrogens is 356 g/mol. The maximum atomic E-state index is 12.0. The molecule has 150 valence electrons. The van der Waals surface area contributed by atoms with Crippen LogP contribution in [0.4, 0.5) is 0 Å². The van der Waals surface area contributed by atoms with E-state index in [1.54, 1.807) is 0 Å². The highest BCUT2D eigenvalue weighted by Crippen LogP contribution is 2.24. The smallest absolute Gasteiger partial charge is 0.220 e. The maximum absolute atomic E-state index is 12.0. The Kier molecular flexibility index (Phi) is 6.64. The number of likely N-dealkylation sites (tertiary alicyclic amines) is 1. The van der Waals surface area contributed by atoms with Gasteiger partial charge in [-0.15, -0.1) is 0 Å². The molecule has 0 spiro atoms. The molecule has 0 bridgehead atoms.